The summed E-state index contributed by atoms with van der Waals surface area (Å²) in [5.74, 6) is -0.378. The smallest absolute Gasteiger partial charge is 0.225 e. The Morgan fingerprint density at radius 1 is 1.39 bits per heavy atom. The largest absolute Gasteiger partial charge is 0.396 e. The van der Waals surface area contributed by atoms with Gasteiger partial charge in [-0.2, -0.15) is 0 Å². The van der Waals surface area contributed by atoms with Crippen molar-refractivity contribution in [3.63, 3.8) is 0 Å². The molecule has 0 aliphatic carbocycles. The van der Waals surface area contributed by atoms with Gasteiger partial charge in [0.05, 0.1) is 5.92 Å². The van der Waals surface area contributed by atoms with Gasteiger partial charge < -0.3 is 15.3 Å². The quantitative estimate of drug-likeness (QED) is 0.804. The first-order valence-electron chi connectivity index (χ1n) is 8.22. The number of benzene rings is 1. The van der Waals surface area contributed by atoms with E-state index in [1.54, 1.807) is 4.90 Å². The zero-order valence-corrected chi connectivity index (χ0v) is 13.9. The van der Waals surface area contributed by atoms with Crippen molar-refractivity contribution in [2.24, 2.45) is 5.92 Å². The van der Waals surface area contributed by atoms with E-state index < -0.39 is 5.54 Å². The molecular weight excluding hydrogens is 292 g/mol. The number of nitrogens with zero attached hydrogens (tertiary/aromatic N) is 1. The Hall–Kier alpha value is -1.88. The van der Waals surface area contributed by atoms with Crippen LogP contribution in [0.25, 0.3) is 0 Å². The molecule has 2 amide bonds. The molecule has 2 atom stereocenters. The lowest BCUT2D eigenvalue weighted by molar-refractivity contribution is -0.129. The van der Waals surface area contributed by atoms with Crippen molar-refractivity contribution in [1.29, 1.82) is 0 Å². The summed E-state index contributed by atoms with van der Waals surface area (Å²) in [6, 6.07) is 9.80. The highest BCUT2D eigenvalue weighted by atomic mass is 16.3. The van der Waals surface area contributed by atoms with Gasteiger partial charge >= 0.3 is 0 Å². The number of rotatable bonds is 7. The van der Waals surface area contributed by atoms with Gasteiger partial charge in [0.15, 0.2) is 0 Å². The minimum absolute atomic E-state index is 0.0226. The standard InChI is InChI=1S/C18H26N2O3/c1-3-18(2,9-10-21)19-17(23)15-11-16(22)20(13-15)12-14-7-5-4-6-8-14/h4-8,15,21H,3,9-13H2,1-2H3,(H,19,23). The van der Waals surface area contributed by atoms with Crippen molar-refractivity contribution >= 4 is 11.8 Å². The molecule has 0 aromatic heterocycles. The summed E-state index contributed by atoms with van der Waals surface area (Å²) in [5.41, 5.74) is 0.655. The van der Waals surface area contributed by atoms with Crippen LogP contribution in [0.4, 0.5) is 0 Å². The topological polar surface area (TPSA) is 69.6 Å². The molecule has 2 unspecified atom stereocenters. The molecule has 2 N–H and O–H groups in total. The molecule has 5 heteroatoms. The highest BCUT2D eigenvalue weighted by Crippen LogP contribution is 2.22. The molecule has 5 nitrogen and oxygen atoms in total. The fraction of sp³-hybridized carbons (Fsp3) is 0.556. The monoisotopic (exact) mass is 318 g/mol. The van der Waals surface area contributed by atoms with Crippen LogP contribution in [-0.4, -0.2) is 40.5 Å². The summed E-state index contributed by atoms with van der Waals surface area (Å²) in [4.78, 5) is 26.4. The third-order valence-corrected chi connectivity index (χ3v) is 4.67. The first-order chi connectivity index (χ1) is 11.0. The van der Waals surface area contributed by atoms with Gasteiger partial charge in [0.1, 0.15) is 0 Å². The van der Waals surface area contributed by atoms with Crippen LogP contribution in [0, 0.1) is 5.92 Å². The molecule has 126 valence electrons. The van der Waals surface area contributed by atoms with Crippen LogP contribution in [0.15, 0.2) is 30.3 Å². The molecule has 2 rings (SSSR count). The van der Waals surface area contributed by atoms with Gasteiger partial charge in [-0.1, -0.05) is 37.3 Å². The number of hydrogen-bond acceptors (Lipinski definition) is 3. The second-order valence-corrected chi connectivity index (χ2v) is 6.54. The fourth-order valence-corrected chi connectivity index (χ4v) is 2.88. The van der Waals surface area contributed by atoms with E-state index >= 15 is 0 Å². The third-order valence-electron chi connectivity index (χ3n) is 4.67. The Morgan fingerprint density at radius 3 is 2.70 bits per heavy atom. The molecular formula is C18H26N2O3. The van der Waals surface area contributed by atoms with Gasteiger partial charge in [0, 0.05) is 31.7 Å². The second-order valence-electron chi connectivity index (χ2n) is 6.54. The lowest BCUT2D eigenvalue weighted by atomic mass is 9.93. The number of carbonyl (C=O) groups excluding carboxylic acids is 2. The van der Waals surface area contributed by atoms with Gasteiger partial charge in [-0.05, 0) is 25.3 Å². The lowest BCUT2D eigenvalue weighted by Crippen LogP contribution is -2.48. The van der Waals surface area contributed by atoms with E-state index in [1.807, 2.05) is 44.2 Å². The zero-order valence-electron chi connectivity index (χ0n) is 13.9. The van der Waals surface area contributed by atoms with E-state index in [0.29, 0.717) is 19.5 Å². The molecule has 0 spiro atoms. The molecule has 23 heavy (non-hydrogen) atoms. The fourth-order valence-electron chi connectivity index (χ4n) is 2.88. The predicted octanol–water partition coefficient (Wildman–Crippen LogP) is 1.70. The van der Waals surface area contributed by atoms with E-state index in [1.165, 1.54) is 0 Å². The van der Waals surface area contributed by atoms with Gasteiger partial charge in [-0.3, -0.25) is 9.59 Å². The van der Waals surface area contributed by atoms with E-state index in [4.69, 9.17) is 5.11 Å². The average molecular weight is 318 g/mol. The summed E-state index contributed by atoms with van der Waals surface area (Å²) in [5, 5.41) is 12.2. The Bertz CT molecular complexity index is 546. The molecule has 0 saturated carbocycles. The lowest BCUT2D eigenvalue weighted by Gasteiger charge is -2.30. The van der Waals surface area contributed by atoms with Crippen LogP contribution in [0.3, 0.4) is 0 Å². The van der Waals surface area contributed by atoms with Gasteiger partial charge in [0.25, 0.3) is 0 Å². The van der Waals surface area contributed by atoms with E-state index in [0.717, 1.165) is 12.0 Å². The zero-order chi connectivity index (χ0) is 16.9. The number of aliphatic hydroxyl groups excluding tert-OH is 1. The van der Waals surface area contributed by atoms with E-state index in [9.17, 15) is 9.59 Å². The predicted molar refractivity (Wildman–Crippen MR) is 88.5 cm³/mol. The minimum atomic E-state index is -0.415. The van der Waals surface area contributed by atoms with Gasteiger partial charge in [0.2, 0.25) is 11.8 Å². The summed E-state index contributed by atoms with van der Waals surface area (Å²) >= 11 is 0. The maximum absolute atomic E-state index is 12.5. The molecule has 1 aliphatic rings. The highest BCUT2D eigenvalue weighted by Gasteiger charge is 2.36. The minimum Gasteiger partial charge on any atom is -0.396 e. The third kappa shape index (κ3) is 4.55. The molecule has 0 radical (unpaired) electrons. The normalized spacial score (nSPS) is 20.4. The van der Waals surface area contributed by atoms with Crippen LogP contribution in [0.5, 0.6) is 0 Å². The maximum atomic E-state index is 12.5. The summed E-state index contributed by atoms with van der Waals surface area (Å²) in [6.07, 6.45) is 1.52. The summed E-state index contributed by atoms with van der Waals surface area (Å²) in [7, 11) is 0. The summed E-state index contributed by atoms with van der Waals surface area (Å²) < 4.78 is 0. The van der Waals surface area contributed by atoms with E-state index in [2.05, 4.69) is 5.32 Å². The van der Waals surface area contributed by atoms with Crippen molar-refractivity contribution in [2.75, 3.05) is 13.2 Å². The van der Waals surface area contributed by atoms with Crippen molar-refractivity contribution < 1.29 is 14.7 Å². The van der Waals surface area contributed by atoms with Crippen LogP contribution < -0.4 is 5.32 Å². The summed E-state index contributed by atoms with van der Waals surface area (Å²) in [6.45, 7) is 4.95. The van der Waals surface area contributed by atoms with Crippen molar-refractivity contribution in [3.8, 4) is 0 Å². The number of nitrogens with one attached hydrogen (secondary N) is 1. The van der Waals surface area contributed by atoms with Crippen molar-refractivity contribution in [2.45, 2.75) is 45.2 Å². The average Bonchev–Trinajstić information content (AvgIpc) is 2.90. The number of carbonyl (C=O) groups is 2. The van der Waals surface area contributed by atoms with Gasteiger partial charge in [-0.25, -0.2) is 0 Å². The second kappa shape index (κ2) is 7.59. The molecule has 1 aromatic rings. The Kier molecular flexibility index (Phi) is 5.77. The molecule has 1 fully saturated rings. The van der Waals surface area contributed by atoms with Crippen LogP contribution >= 0.6 is 0 Å². The van der Waals surface area contributed by atoms with Crippen LogP contribution in [0.2, 0.25) is 0 Å². The number of hydrogen-bond donors (Lipinski definition) is 2. The van der Waals surface area contributed by atoms with E-state index in [-0.39, 0.29) is 30.8 Å². The molecule has 0 bridgehead atoms. The molecule has 1 heterocycles. The number of amides is 2. The SMILES string of the molecule is CCC(C)(CCO)NC(=O)C1CC(=O)N(Cc2ccccc2)C1. The first kappa shape index (κ1) is 17.5. The molecule has 1 aliphatic heterocycles. The maximum Gasteiger partial charge on any atom is 0.225 e. The Balaban J connectivity index is 1.95. The highest BCUT2D eigenvalue weighted by molar-refractivity contribution is 5.89. The Morgan fingerprint density at radius 2 is 2.09 bits per heavy atom. The Labute approximate surface area is 137 Å². The van der Waals surface area contributed by atoms with Crippen LogP contribution in [0.1, 0.15) is 38.7 Å². The first-order valence-corrected chi connectivity index (χ1v) is 8.22. The van der Waals surface area contributed by atoms with Crippen molar-refractivity contribution in [3.05, 3.63) is 35.9 Å². The van der Waals surface area contributed by atoms with Gasteiger partial charge in [-0.15, -0.1) is 0 Å². The van der Waals surface area contributed by atoms with Crippen molar-refractivity contribution in [1.82, 2.24) is 10.2 Å². The van der Waals surface area contributed by atoms with Crippen LogP contribution in [-0.2, 0) is 16.1 Å². The molecule has 1 aromatic carbocycles. The number of aliphatic hydroxyl groups is 1. The number of likely N-dealkylation sites (tertiary alicyclic amines) is 1. The molecule has 1 saturated heterocycles.